The van der Waals surface area contributed by atoms with E-state index in [0.29, 0.717) is 46.2 Å². The number of H-pyrrole nitrogens is 4. The molecular formula is C54H61FN12O4. The maximum absolute atomic E-state index is 13.9. The molecule has 0 amide bonds. The minimum absolute atomic E-state index is 0.126. The quantitative estimate of drug-likeness (QED) is 0.0894. The van der Waals surface area contributed by atoms with Gasteiger partial charge < -0.3 is 60.1 Å². The van der Waals surface area contributed by atoms with E-state index in [1.54, 1.807) is 6.07 Å². The summed E-state index contributed by atoms with van der Waals surface area (Å²) in [5.41, 5.74) is 8.19. The molecule has 17 heteroatoms. The van der Waals surface area contributed by atoms with Crippen molar-refractivity contribution in [3.63, 3.8) is 0 Å². The van der Waals surface area contributed by atoms with Crippen LogP contribution < -0.4 is 32.0 Å². The van der Waals surface area contributed by atoms with Crippen LogP contribution in [0.4, 0.5) is 21.5 Å². The molecule has 8 aromatic rings. The lowest BCUT2D eigenvalue weighted by molar-refractivity contribution is 0.0976. The van der Waals surface area contributed by atoms with E-state index in [4.69, 9.17) is 14.5 Å². The van der Waals surface area contributed by atoms with Crippen LogP contribution in [-0.2, 0) is 9.47 Å². The van der Waals surface area contributed by atoms with Gasteiger partial charge in [0.2, 0.25) is 0 Å². The summed E-state index contributed by atoms with van der Waals surface area (Å²) >= 11 is 0. The number of imidazole rings is 2. The van der Waals surface area contributed by atoms with E-state index in [9.17, 15) is 14.0 Å². The number of hydrogen-bond acceptors (Lipinski definition) is 12. The third kappa shape index (κ3) is 9.40. The van der Waals surface area contributed by atoms with Crippen LogP contribution >= 0.6 is 0 Å². The summed E-state index contributed by atoms with van der Waals surface area (Å²) in [7, 11) is 0. The fraction of sp³-hybridized carbons (Fsp3) is 0.407. The predicted molar refractivity (Wildman–Crippen MR) is 279 cm³/mol. The van der Waals surface area contributed by atoms with Crippen LogP contribution in [0.1, 0.15) is 25.7 Å². The molecule has 0 saturated carbocycles. The zero-order valence-corrected chi connectivity index (χ0v) is 39.9. The Morgan fingerprint density at radius 1 is 0.549 bits per heavy atom. The number of aromatic amines is 4. The van der Waals surface area contributed by atoms with Crippen LogP contribution in [-0.4, -0.2) is 144 Å². The lowest BCUT2D eigenvalue weighted by atomic mass is 9.83. The third-order valence-electron chi connectivity index (χ3n) is 15.4. The van der Waals surface area contributed by atoms with Crippen molar-refractivity contribution in [2.75, 3.05) is 107 Å². The Balaban J connectivity index is 0.000000132. The Morgan fingerprint density at radius 2 is 1.04 bits per heavy atom. The van der Waals surface area contributed by atoms with E-state index in [1.165, 1.54) is 38.1 Å². The molecular weight excluding hydrogens is 900 g/mol. The van der Waals surface area contributed by atoms with Crippen LogP contribution in [0.25, 0.3) is 66.6 Å². The predicted octanol–water partition coefficient (Wildman–Crippen LogP) is 6.74. The van der Waals surface area contributed by atoms with Crippen molar-refractivity contribution >= 4 is 60.9 Å². The number of hydrogen-bond donors (Lipinski definition) is 7. The van der Waals surface area contributed by atoms with E-state index in [0.717, 1.165) is 147 Å². The molecule has 4 aromatic carbocycles. The van der Waals surface area contributed by atoms with Crippen molar-refractivity contribution in [2.45, 2.75) is 37.8 Å². The van der Waals surface area contributed by atoms with Crippen LogP contribution in [0.15, 0.2) is 94.5 Å². The number of nitrogens with one attached hydrogen (secondary N) is 7. The zero-order valence-electron chi connectivity index (χ0n) is 39.9. The summed E-state index contributed by atoms with van der Waals surface area (Å²) in [5.74, 6) is 1.96. The van der Waals surface area contributed by atoms with Gasteiger partial charge in [0.1, 0.15) is 28.6 Å². The normalized spacial score (nSPS) is 23.9. The molecule has 8 saturated heterocycles. The average Bonchev–Trinajstić information content (AvgIpc) is 4.05. The topological polar surface area (TPSA) is 187 Å². The Hall–Kier alpha value is -6.63. The van der Waals surface area contributed by atoms with Crippen LogP contribution in [0.2, 0.25) is 0 Å². The van der Waals surface area contributed by atoms with Crippen molar-refractivity contribution in [3.05, 3.63) is 111 Å². The van der Waals surface area contributed by atoms with Gasteiger partial charge in [-0.25, -0.2) is 14.4 Å². The fourth-order valence-electron chi connectivity index (χ4n) is 11.6. The van der Waals surface area contributed by atoms with Gasteiger partial charge in [-0.15, -0.1) is 0 Å². The molecule has 4 aromatic heterocycles. The first-order valence-electron chi connectivity index (χ1n) is 25.4. The van der Waals surface area contributed by atoms with E-state index >= 15 is 0 Å². The number of nitrogens with zero attached hydrogens (tertiary/aromatic N) is 5. The lowest BCUT2D eigenvalue weighted by Crippen LogP contribution is -2.53. The maximum atomic E-state index is 13.9. The van der Waals surface area contributed by atoms with Crippen LogP contribution in [0, 0.1) is 17.7 Å². The summed E-state index contributed by atoms with van der Waals surface area (Å²) in [4.78, 5) is 56.2. The maximum Gasteiger partial charge on any atom is 0.261 e. The molecule has 0 spiro atoms. The molecule has 16 nitrogen and oxygen atoms in total. The van der Waals surface area contributed by atoms with Crippen molar-refractivity contribution in [1.82, 2.24) is 45.0 Å². The fourth-order valence-corrected chi connectivity index (χ4v) is 11.6. The highest BCUT2D eigenvalue weighted by Crippen LogP contribution is 2.38. The largest absolute Gasteiger partial charge is 0.379 e. The van der Waals surface area contributed by atoms with E-state index in [2.05, 4.69) is 73.8 Å². The number of ether oxygens (including phenoxy) is 2. The standard InChI is InChI=1S/C27H30N6O2.C23H22FN5O.C4H9NO/c34-27-24(26-29-20-3-1-2-4-21(20)30-26)25(28-23-16-32-9-7-17(23)8-10-32)19-6-5-18(15-22(19)31-27)33-11-13-35-14-12-33;24-14-5-6-15-18(11-14)28-23(30)20(22-26-16-3-1-2-4-17(16)27-22)21(15)25-19-12-29-9-7-13(19)8-10-29;1-3-6-4-2-5-1/h1-6,15,17,23H,7-14,16H2,(H,29,30)(H2,28,31,34);1-6,11,13,19H,7-10,12H2,(H,26,27)(H2,25,28,30);5H,1-4H2/t23-;19-;/m00./s1. The summed E-state index contributed by atoms with van der Waals surface area (Å²) in [5, 5.41) is 12.5. The second-order valence-corrected chi connectivity index (χ2v) is 19.8. The highest BCUT2D eigenvalue weighted by molar-refractivity contribution is 6.01. The van der Waals surface area contributed by atoms with E-state index in [-0.39, 0.29) is 23.0 Å². The van der Waals surface area contributed by atoms with Crippen molar-refractivity contribution < 1.29 is 13.9 Å². The van der Waals surface area contributed by atoms with Gasteiger partial charge in [-0.3, -0.25) is 9.59 Å². The van der Waals surface area contributed by atoms with Gasteiger partial charge in [0, 0.05) is 67.8 Å². The summed E-state index contributed by atoms with van der Waals surface area (Å²) in [6, 6.07) is 27.2. The van der Waals surface area contributed by atoms with Crippen LogP contribution in [0.5, 0.6) is 0 Å². The molecule has 8 aliphatic rings. The Bertz CT molecular complexity index is 3230. The summed E-state index contributed by atoms with van der Waals surface area (Å²) in [6.07, 6.45) is 4.74. The number of piperidine rings is 6. The summed E-state index contributed by atoms with van der Waals surface area (Å²) < 4.78 is 24.4. The lowest BCUT2D eigenvalue weighted by Gasteiger charge is -2.45. The van der Waals surface area contributed by atoms with E-state index in [1.807, 2.05) is 48.5 Å². The second-order valence-electron chi connectivity index (χ2n) is 19.8. The van der Waals surface area contributed by atoms with Crippen molar-refractivity contribution in [3.8, 4) is 22.8 Å². The number of aromatic nitrogens is 6. The smallest absolute Gasteiger partial charge is 0.261 e. The monoisotopic (exact) mass is 960 g/mol. The molecule has 16 rings (SSSR count). The minimum atomic E-state index is -0.372. The third-order valence-corrected chi connectivity index (χ3v) is 15.4. The molecule has 8 fully saturated rings. The van der Waals surface area contributed by atoms with Gasteiger partial charge in [0.25, 0.3) is 11.1 Å². The number of rotatable bonds is 7. The summed E-state index contributed by atoms with van der Waals surface area (Å²) in [6.45, 7) is 13.6. The van der Waals surface area contributed by atoms with Gasteiger partial charge in [-0.2, -0.15) is 0 Å². The number of benzene rings is 4. The number of morpholine rings is 2. The Kier molecular flexibility index (Phi) is 12.7. The molecule has 4 bridgehead atoms. The molecule has 12 heterocycles. The Morgan fingerprint density at radius 3 is 1.51 bits per heavy atom. The molecule has 7 N–H and O–H groups in total. The van der Waals surface area contributed by atoms with Gasteiger partial charge in [0.05, 0.1) is 70.9 Å². The number of halogens is 1. The highest BCUT2D eigenvalue weighted by Gasteiger charge is 2.37. The van der Waals surface area contributed by atoms with Crippen molar-refractivity contribution in [2.24, 2.45) is 11.8 Å². The number of pyridine rings is 2. The van der Waals surface area contributed by atoms with Gasteiger partial charge >= 0.3 is 0 Å². The molecule has 368 valence electrons. The van der Waals surface area contributed by atoms with Crippen molar-refractivity contribution in [1.29, 1.82) is 0 Å². The van der Waals surface area contributed by atoms with E-state index < -0.39 is 0 Å². The SMILES string of the molecule is C1COCCN1.O=c1[nH]c2cc(F)ccc2c(N[C@H]2CN3CCC2CC3)c1-c1nc2ccccc2[nH]1.O=c1[nH]c2cc(N3CCOCC3)ccc2c(N[C@H]2CN3CCC2CC3)c1-c1nc2ccccc2[nH]1. The molecule has 8 aliphatic heterocycles. The minimum Gasteiger partial charge on any atom is -0.379 e. The van der Waals surface area contributed by atoms with Gasteiger partial charge in [-0.05, 0) is 124 Å². The molecule has 0 aliphatic carbocycles. The first kappa shape index (κ1) is 45.5. The van der Waals surface area contributed by atoms with Gasteiger partial charge in [-0.1, -0.05) is 24.3 Å². The number of fused-ring (bicyclic) bond motifs is 10. The Labute approximate surface area is 409 Å². The number of para-hydroxylation sites is 4. The second kappa shape index (κ2) is 19.9. The highest BCUT2D eigenvalue weighted by atomic mass is 19.1. The van der Waals surface area contributed by atoms with Gasteiger partial charge in [0.15, 0.2) is 0 Å². The first-order chi connectivity index (χ1) is 34.9. The molecule has 2 atom stereocenters. The molecule has 71 heavy (non-hydrogen) atoms. The number of anilines is 3. The average molecular weight is 961 g/mol. The molecule has 0 unspecified atom stereocenters. The molecule has 0 radical (unpaired) electrons. The van der Waals surface area contributed by atoms with Crippen LogP contribution in [0.3, 0.4) is 0 Å². The zero-order chi connectivity index (χ0) is 47.8. The first-order valence-corrected chi connectivity index (χ1v) is 25.4.